The number of esters is 1. The van der Waals surface area contributed by atoms with Crippen molar-refractivity contribution in [1.82, 2.24) is 25.5 Å². The number of hydrogen-bond donors (Lipinski definition) is 3. The molecular formula is C31H37N5O6. The number of H-pyrrole nitrogens is 1. The van der Waals surface area contributed by atoms with Gasteiger partial charge in [-0.2, -0.15) is 0 Å². The minimum atomic E-state index is -1.08. The molecule has 3 N–H and O–H groups in total. The van der Waals surface area contributed by atoms with E-state index in [4.69, 9.17) is 9.47 Å². The maximum atomic E-state index is 13.8. The van der Waals surface area contributed by atoms with Gasteiger partial charge in [-0.05, 0) is 24.0 Å². The van der Waals surface area contributed by atoms with E-state index < -0.39 is 24.0 Å². The number of nitrogens with one attached hydrogen (secondary N) is 3. The Bertz CT molecular complexity index is 1310. The third-order valence-corrected chi connectivity index (χ3v) is 7.56. The van der Waals surface area contributed by atoms with E-state index in [1.165, 1.54) is 23.9 Å². The zero-order chi connectivity index (χ0) is 29.8. The number of aromatic nitrogens is 2. The topological polar surface area (TPSA) is 143 Å². The number of ether oxygens (including phenoxy) is 2. The highest BCUT2D eigenvalue weighted by molar-refractivity contribution is 5.90. The van der Waals surface area contributed by atoms with Gasteiger partial charge in [-0.3, -0.25) is 14.4 Å². The summed E-state index contributed by atoms with van der Waals surface area (Å²) in [5.74, 6) is -1.42. The number of aromatic amines is 1. The Labute approximate surface area is 245 Å². The van der Waals surface area contributed by atoms with Crippen LogP contribution in [0.4, 0.5) is 4.79 Å². The van der Waals surface area contributed by atoms with Crippen molar-refractivity contribution in [2.24, 2.45) is 0 Å². The first-order valence-corrected chi connectivity index (χ1v) is 14.0. The third kappa shape index (κ3) is 8.42. The lowest BCUT2D eigenvalue weighted by Crippen LogP contribution is -2.53. The van der Waals surface area contributed by atoms with Crippen LogP contribution in [0.5, 0.6) is 0 Å². The number of nitrogens with zero attached hydrogens (tertiary/aromatic N) is 2. The smallest absolute Gasteiger partial charge is 0.408 e. The zero-order valence-electron chi connectivity index (χ0n) is 23.7. The minimum Gasteiger partial charge on any atom is -0.469 e. The molecule has 3 aromatic rings. The van der Waals surface area contributed by atoms with Gasteiger partial charge in [0.2, 0.25) is 11.8 Å². The first kappa shape index (κ1) is 30.3. The molecule has 0 bridgehead atoms. The Morgan fingerprint density at radius 3 is 2.38 bits per heavy atom. The predicted molar refractivity (Wildman–Crippen MR) is 154 cm³/mol. The van der Waals surface area contributed by atoms with E-state index >= 15 is 0 Å². The fourth-order valence-electron chi connectivity index (χ4n) is 5.00. The molecule has 4 rings (SSSR count). The minimum absolute atomic E-state index is 0.0231. The van der Waals surface area contributed by atoms with Crippen LogP contribution in [-0.2, 0) is 42.3 Å². The van der Waals surface area contributed by atoms with Crippen molar-refractivity contribution < 1.29 is 28.7 Å². The number of alkyl carbamates (subject to hydrolysis) is 1. The number of imidazole rings is 1. The van der Waals surface area contributed by atoms with Gasteiger partial charge >= 0.3 is 12.1 Å². The Hall–Kier alpha value is -4.67. The molecule has 0 spiro atoms. The Balaban J connectivity index is 1.44. The van der Waals surface area contributed by atoms with Crippen LogP contribution in [0.3, 0.4) is 0 Å². The lowest BCUT2D eigenvalue weighted by Gasteiger charge is -2.42. The molecule has 0 unspecified atom stereocenters. The molecule has 222 valence electrons. The molecule has 1 fully saturated rings. The van der Waals surface area contributed by atoms with Crippen LogP contribution in [0, 0.1) is 0 Å². The normalized spacial score (nSPS) is 14.1. The van der Waals surface area contributed by atoms with E-state index in [-0.39, 0.29) is 43.9 Å². The monoisotopic (exact) mass is 575 g/mol. The maximum Gasteiger partial charge on any atom is 0.408 e. The summed E-state index contributed by atoms with van der Waals surface area (Å²) in [4.78, 5) is 59.8. The Morgan fingerprint density at radius 2 is 1.76 bits per heavy atom. The van der Waals surface area contributed by atoms with Crippen LogP contribution in [0.25, 0.3) is 0 Å². The number of benzene rings is 2. The van der Waals surface area contributed by atoms with E-state index in [2.05, 4.69) is 32.7 Å². The van der Waals surface area contributed by atoms with Gasteiger partial charge < -0.3 is 30.0 Å². The highest BCUT2D eigenvalue weighted by Crippen LogP contribution is 2.43. The van der Waals surface area contributed by atoms with E-state index in [0.29, 0.717) is 12.2 Å². The van der Waals surface area contributed by atoms with Crippen molar-refractivity contribution in [3.05, 3.63) is 90.0 Å². The molecule has 1 saturated carbocycles. The second-order valence-electron chi connectivity index (χ2n) is 10.4. The largest absolute Gasteiger partial charge is 0.469 e. The van der Waals surface area contributed by atoms with Gasteiger partial charge in [-0.1, -0.05) is 67.1 Å². The zero-order valence-corrected chi connectivity index (χ0v) is 23.7. The maximum absolute atomic E-state index is 13.8. The summed E-state index contributed by atoms with van der Waals surface area (Å²) < 4.78 is 10.1. The van der Waals surface area contributed by atoms with Crippen LogP contribution in [-0.4, -0.2) is 71.5 Å². The highest BCUT2D eigenvalue weighted by atomic mass is 16.5. The van der Waals surface area contributed by atoms with E-state index in [1.54, 1.807) is 6.20 Å². The summed E-state index contributed by atoms with van der Waals surface area (Å²) in [6.45, 7) is 0.107. The number of amides is 3. The SMILES string of the molecule is COC(=O)CCN(CC(=O)NCC1(c2ccccc2)CCC1)C(=O)[C@H](Cc1cnc[nH]1)NC(=O)OCc1ccccc1. The molecule has 42 heavy (non-hydrogen) atoms. The summed E-state index contributed by atoms with van der Waals surface area (Å²) >= 11 is 0. The van der Waals surface area contributed by atoms with Crippen LogP contribution in [0.15, 0.2) is 73.2 Å². The lowest BCUT2D eigenvalue weighted by atomic mass is 9.64. The van der Waals surface area contributed by atoms with Crippen molar-refractivity contribution in [1.29, 1.82) is 0 Å². The van der Waals surface area contributed by atoms with E-state index in [0.717, 1.165) is 24.8 Å². The van der Waals surface area contributed by atoms with Gasteiger partial charge in [0.05, 0.1) is 26.4 Å². The quantitative estimate of drug-likeness (QED) is 0.251. The van der Waals surface area contributed by atoms with E-state index in [1.807, 2.05) is 48.5 Å². The standard InChI is InChI=1S/C31H37N5O6/c1-41-28(38)13-16-36(19-27(37)33-21-31(14-8-15-31)24-11-6-3-7-12-24)29(39)26(17-25-18-32-22-34-25)35-30(40)42-20-23-9-4-2-5-10-23/h2-7,9-12,18,22,26H,8,13-17,19-21H2,1H3,(H,32,34)(H,33,37)(H,35,40)/t26-/m0/s1. The average Bonchev–Trinajstić information content (AvgIpc) is 3.51. The molecule has 0 radical (unpaired) electrons. The number of carbonyl (C=O) groups is 4. The number of rotatable bonds is 14. The fraction of sp³-hybridized carbons (Fsp3) is 0.387. The van der Waals surface area contributed by atoms with Crippen LogP contribution in [0.1, 0.15) is 42.5 Å². The Morgan fingerprint density at radius 1 is 1.05 bits per heavy atom. The number of methoxy groups -OCH3 is 1. The first-order chi connectivity index (χ1) is 20.4. The first-order valence-electron chi connectivity index (χ1n) is 14.0. The number of hydrogen-bond acceptors (Lipinski definition) is 7. The molecule has 11 nitrogen and oxygen atoms in total. The summed E-state index contributed by atoms with van der Waals surface area (Å²) in [6.07, 6.45) is 5.19. The molecule has 1 aromatic heterocycles. The third-order valence-electron chi connectivity index (χ3n) is 7.56. The summed E-state index contributed by atoms with van der Waals surface area (Å²) in [7, 11) is 1.26. The van der Waals surface area contributed by atoms with E-state index in [9.17, 15) is 19.2 Å². The number of carbonyl (C=O) groups excluding carboxylic acids is 4. The molecule has 1 aliphatic carbocycles. The molecule has 11 heteroatoms. The van der Waals surface area contributed by atoms with Gasteiger partial charge in [-0.25, -0.2) is 9.78 Å². The highest BCUT2D eigenvalue weighted by Gasteiger charge is 2.39. The van der Waals surface area contributed by atoms with Gasteiger partial charge in [0.1, 0.15) is 12.6 Å². The second-order valence-corrected chi connectivity index (χ2v) is 10.4. The molecule has 1 aliphatic rings. The van der Waals surface area contributed by atoms with Crippen molar-refractivity contribution in [2.45, 2.75) is 50.2 Å². The molecule has 0 saturated heterocycles. The van der Waals surface area contributed by atoms with Crippen LogP contribution in [0.2, 0.25) is 0 Å². The van der Waals surface area contributed by atoms with Crippen molar-refractivity contribution in [3.63, 3.8) is 0 Å². The Kier molecular flexibility index (Phi) is 10.7. The molecule has 1 atom stereocenters. The fourth-order valence-corrected chi connectivity index (χ4v) is 5.00. The average molecular weight is 576 g/mol. The van der Waals surface area contributed by atoms with Gasteiger partial charge in [0.15, 0.2) is 0 Å². The van der Waals surface area contributed by atoms with Gasteiger partial charge in [0.25, 0.3) is 0 Å². The molecular weight excluding hydrogens is 538 g/mol. The summed E-state index contributed by atoms with van der Waals surface area (Å²) in [5.41, 5.74) is 2.43. The summed E-state index contributed by atoms with van der Waals surface area (Å²) in [5, 5.41) is 5.63. The molecule has 1 heterocycles. The van der Waals surface area contributed by atoms with Crippen molar-refractivity contribution >= 4 is 23.9 Å². The second kappa shape index (κ2) is 14.8. The molecule has 2 aromatic carbocycles. The molecule has 0 aliphatic heterocycles. The van der Waals surface area contributed by atoms with Crippen LogP contribution < -0.4 is 10.6 Å². The van der Waals surface area contributed by atoms with Crippen molar-refractivity contribution in [3.8, 4) is 0 Å². The lowest BCUT2D eigenvalue weighted by molar-refractivity contribution is -0.143. The van der Waals surface area contributed by atoms with Crippen molar-refractivity contribution in [2.75, 3.05) is 26.7 Å². The predicted octanol–water partition coefficient (Wildman–Crippen LogP) is 2.88. The molecule has 3 amide bonds. The summed E-state index contributed by atoms with van der Waals surface area (Å²) in [6, 6.07) is 18.2. The van der Waals surface area contributed by atoms with Gasteiger partial charge in [0, 0.05) is 36.8 Å². The van der Waals surface area contributed by atoms with Crippen LogP contribution >= 0.6 is 0 Å². The van der Waals surface area contributed by atoms with Gasteiger partial charge in [-0.15, -0.1) is 0 Å².